The minimum atomic E-state index is -0.307. The van der Waals surface area contributed by atoms with Gasteiger partial charge in [0.25, 0.3) is 0 Å². The number of fused-ring (bicyclic) bond motifs is 1. The molecule has 34 heavy (non-hydrogen) atoms. The third-order valence-corrected chi connectivity index (χ3v) is 5.38. The molecule has 5 rings (SSSR count). The maximum Gasteiger partial charge on any atom is 0.248 e. The number of carbonyl (C=O) groups is 1. The van der Waals surface area contributed by atoms with Crippen molar-refractivity contribution >= 4 is 28.7 Å². The predicted octanol–water partition coefficient (Wildman–Crippen LogP) is 6.03. The summed E-state index contributed by atoms with van der Waals surface area (Å²) in [6.07, 6.45) is 3.95. The van der Waals surface area contributed by atoms with Gasteiger partial charge in [0.05, 0.1) is 5.69 Å². The molecular weight excluding hydrogens is 431 g/mol. The molecule has 1 N–H and O–H groups in total. The molecule has 3 aromatic carbocycles. The number of carbonyl (C=O) groups excluding carboxylic acids is 1. The van der Waals surface area contributed by atoms with E-state index < -0.39 is 0 Å². The summed E-state index contributed by atoms with van der Waals surface area (Å²) in [6.45, 7) is 2.11. The Morgan fingerprint density at radius 1 is 0.971 bits per heavy atom. The second-order valence-electron chi connectivity index (χ2n) is 7.74. The van der Waals surface area contributed by atoms with Gasteiger partial charge in [0.2, 0.25) is 5.91 Å². The second-order valence-corrected chi connectivity index (χ2v) is 7.74. The Bertz CT molecular complexity index is 1480. The molecule has 0 aliphatic rings. The Morgan fingerprint density at radius 2 is 1.74 bits per heavy atom. The Kier molecular flexibility index (Phi) is 5.74. The highest BCUT2D eigenvalue weighted by molar-refractivity contribution is 6.02. The first kappa shape index (κ1) is 21.3. The van der Waals surface area contributed by atoms with Gasteiger partial charge in [-0.25, -0.2) is 4.39 Å². The smallest absolute Gasteiger partial charge is 0.248 e. The second kappa shape index (κ2) is 9.15. The molecule has 0 bridgehead atoms. The highest BCUT2D eigenvalue weighted by Crippen LogP contribution is 2.23. The lowest BCUT2D eigenvalue weighted by Crippen LogP contribution is -2.07. The molecule has 7 heteroatoms. The van der Waals surface area contributed by atoms with Gasteiger partial charge in [0.1, 0.15) is 28.4 Å². The van der Waals surface area contributed by atoms with E-state index in [0.29, 0.717) is 22.7 Å². The molecule has 2 aromatic heterocycles. The first-order valence-corrected chi connectivity index (χ1v) is 10.9. The normalized spacial score (nSPS) is 11.4. The van der Waals surface area contributed by atoms with E-state index >= 15 is 0 Å². The van der Waals surface area contributed by atoms with Crippen molar-refractivity contribution < 1.29 is 13.6 Å². The van der Waals surface area contributed by atoms with Crippen LogP contribution in [0.25, 0.3) is 34.1 Å². The van der Waals surface area contributed by atoms with E-state index in [4.69, 9.17) is 4.42 Å². The van der Waals surface area contributed by atoms with Crippen molar-refractivity contribution in [3.05, 3.63) is 102 Å². The summed E-state index contributed by atoms with van der Waals surface area (Å²) < 4.78 is 18.8. The third kappa shape index (κ3) is 4.63. The summed E-state index contributed by atoms with van der Waals surface area (Å²) in [4.78, 5) is 14.0. The maximum absolute atomic E-state index is 13.1. The summed E-state index contributed by atoms with van der Waals surface area (Å²) in [7, 11) is 0. The summed E-state index contributed by atoms with van der Waals surface area (Å²) in [5.41, 5.74) is 4.91. The Labute approximate surface area is 195 Å². The highest BCUT2D eigenvalue weighted by atomic mass is 19.1. The van der Waals surface area contributed by atoms with Gasteiger partial charge in [0, 0.05) is 17.3 Å². The molecule has 0 atom stereocenters. The summed E-state index contributed by atoms with van der Waals surface area (Å²) in [5.74, 6) is 0.500. The van der Waals surface area contributed by atoms with Crippen molar-refractivity contribution in [1.82, 2.24) is 15.0 Å². The monoisotopic (exact) mass is 452 g/mol. The molecule has 6 nitrogen and oxygen atoms in total. The van der Waals surface area contributed by atoms with E-state index in [1.165, 1.54) is 23.8 Å². The molecule has 0 fully saturated rings. The maximum atomic E-state index is 13.1. The number of nitrogens with zero attached hydrogens (tertiary/aromatic N) is 3. The van der Waals surface area contributed by atoms with E-state index in [1.54, 1.807) is 47.3 Å². The van der Waals surface area contributed by atoms with Crippen LogP contribution in [0.5, 0.6) is 0 Å². The fourth-order valence-corrected chi connectivity index (χ4v) is 3.53. The van der Waals surface area contributed by atoms with Crippen molar-refractivity contribution in [3.8, 4) is 17.0 Å². The third-order valence-electron chi connectivity index (χ3n) is 5.38. The SMILES string of the molecule is CCc1ccc(-n2nc3ccc(NC(=O)/C=C/c4ccc(-c5ccc(F)cc5)o4)cc3n2)cc1. The van der Waals surface area contributed by atoms with Crippen LogP contribution < -0.4 is 5.32 Å². The summed E-state index contributed by atoms with van der Waals surface area (Å²) in [6, 6.07) is 23.0. The molecule has 0 unspecified atom stereocenters. The van der Waals surface area contributed by atoms with Crippen molar-refractivity contribution in [2.45, 2.75) is 13.3 Å². The van der Waals surface area contributed by atoms with E-state index in [2.05, 4.69) is 34.6 Å². The average molecular weight is 452 g/mol. The van der Waals surface area contributed by atoms with Gasteiger partial charge < -0.3 is 9.73 Å². The number of aromatic nitrogens is 3. The fraction of sp³-hybridized carbons (Fsp3) is 0.0741. The van der Waals surface area contributed by atoms with Crippen LogP contribution in [0.4, 0.5) is 10.1 Å². The molecule has 5 aromatic rings. The molecule has 0 saturated carbocycles. The average Bonchev–Trinajstić information content (AvgIpc) is 3.50. The van der Waals surface area contributed by atoms with Crippen LogP contribution in [-0.2, 0) is 11.2 Å². The number of amides is 1. The number of rotatable bonds is 6. The van der Waals surface area contributed by atoms with Crippen LogP contribution in [0.2, 0.25) is 0 Å². The molecule has 0 spiro atoms. The van der Waals surface area contributed by atoms with Gasteiger partial charge >= 0.3 is 0 Å². The summed E-state index contributed by atoms with van der Waals surface area (Å²) in [5, 5.41) is 11.9. The first-order chi connectivity index (χ1) is 16.6. The minimum Gasteiger partial charge on any atom is -0.457 e. The van der Waals surface area contributed by atoms with E-state index in [1.807, 2.05) is 18.2 Å². The number of furan rings is 1. The zero-order valence-electron chi connectivity index (χ0n) is 18.4. The molecule has 0 aliphatic carbocycles. The number of hydrogen-bond donors (Lipinski definition) is 1. The summed E-state index contributed by atoms with van der Waals surface area (Å²) >= 11 is 0. The topological polar surface area (TPSA) is 73.0 Å². The van der Waals surface area contributed by atoms with Gasteiger partial charge in [-0.3, -0.25) is 4.79 Å². The lowest BCUT2D eigenvalue weighted by atomic mass is 10.2. The minimum absolute atomic E-state index is 0.304. The van der Waals surface area contributed by atoms with Crippen LogP contribution in [-0.4, -0.2) is 20.9 Å². The standard InChI is InChI=1S/C27H21FN4O2/c1-2-18-3-10-22(11-4-18)32-30-24-14-9-21(17-25(24)31-32)29-27(33)16-13-23-12-15-26(34-23)19-5-7-20(28)8-6-19/h3-17H,2H2,1H3,(H,29,33)/b16-13+. The van der Waals surface area contributed by atoms with Crippen molar-refractivity contribution in [2.75, 3.05) is 5.32 Å². The van der Waals surface area contributed by atoms with Gasteiger partial charge in [0.15, 0.2) is 0 Å². The van der Waals surface area contributed by atoms with Crippen LogP contribution in [0.15, 0.2) is 89.4 Å². The number of aryl methyl sites for hydroxylation is 1. The Balaban J connectivity index is 1.27. The Hall–Kier alpha value is -4.52. The lowest BCUT2D eigenvalue weighted by molar-refractivity contribution is -0.111. The zero-order chi connectivity index (χ0) is 23.5. The van der Waals surface area contributed by atoms with Crippen molar-refractivity contribution in [2.24, 2.45) is 0 Å². The zero-order valence-corrected chi connectivity index (χ0v) is 18.4. The number of benzene rings is 3. The van der Waals surface area contributed by atoms with Crippen LogP contribution in [0, 0.1) is 5.82 Å². The number of hydrogen-bond acceptors (Lipinski definition) is 4. The van der Waals surface area contributed by atoms with Crippen LogP contribution >= 0.6 is 0 Å². The van der Waals surface area contributed by atoms with Crippen LogP contribution in [0.1, 0.15) is 18.2 Å². The molecule has 168 valence electrons. The lowest BCUT2D eigenvalue weighted by Gasteiger charge is -2.01. The van der Waals surface area contributed by atoms with Crippen molar-refractivity contribution in [3.63, 3.8) is 0 Å². The van der Waals surface area contributed by atoms with Gasteiger partial charge in [-0.2, -0.15) is 4.80 Å². The first-order valence-electron chi connectivity index (χ1n) is 10.9. The fourth-order valence-electron chi connectivity index (χ4n) is 3.53. The molecular formula is C27H21FN4O2. The quantitative estimate of drug-likeness (QED) is 0.319. The van der Waals surface area contributed by atoms with Gasteiger partial charge in [-0.05, 0) is 84.8 Å². The van der Waals surface area contributed by atoms with Crippen molar-refractivity contribution in [1.29, 1.82) is 0 Å². The molecule has 2 heterocycles. The number of nitrogens with one attached hydrogen (secondary N) is 1. The molecule has 1 amide bonds. The molecule has 0 aliphatic heterocycles. The largest absolute Gasteiger partial charge is 0.457 e. The van der Waals surface area contributed by atoms with Crippen LogP contribution in [0.3, 0.4) is 0 Å². The van der Waals surface area contributed by atoms with Gasteiger partial charge in [-0.1, -0.05) is 19.1 Å². The molecule has 0 radical (unpaired) electrons. The molecule has 0 saturated heterocycles. The number of anilines is 1. The highest BCUT2D eigenvalue weighted by Gasteiger charge is 2.08. The van der Waals surface area contributed by atoms with Gasteiger partial charge in [-0.15, -0.1) is 10.2 Å². The van der Waals surface area contributed by atoms with E-state index in [9.17, 15) is 9.18 Å². The van der Waals surface area contributed by atoms with E-state index in [0.717, 1.165) is 23.2 Å². The van der Waals surface area contributed by atoms with E-state index in [-0.39, 0.29) is 11.7 Å². The Morgan fingerprint density at radius 3 is 2.50 bits per heavy atom. The predicted molar refractivity (Wildman–Crippen MR) is 130 cm³/mol. The number of halogens is 1.